The van der Waals surface area contributed by atoms with Crippen molar-refractivity contribution in [3.8, 4) is 0 Å². The quantitative estimate of drug-likeness (QED) is 0.712. The molecule has 0 radical (unpaired) electrons. The van der Waals surface area contributed by atoms with Gasteiger partial charge in [-0.15, -0.1) is 11.3 Å². The molecule has 0 aliphatic carbocycles. The number of carbonyl (C=O) groups is 1. The van der Waals surface area contributed by atoms with Crippen molar-refractivity contribution in [1.29, 1.82) is 0 Å². The van der Waals surface area contributed by atoms with Gasteiger partial charge in [0.05, 0.1) is 16.6 Å². The minimum atomic E-state index is -5.02. The molecule has 3 rings (SSSR count). The molecule has 0 unspecified atom stereocenters. The predicted molar refractivity (Wildman–Crippen MR) is 85.0 cm³/mol. The van der Waals surface area contributed by atoms with E-state index in [0.717, 1.165) is 11.3 Å². The summed E-state index contributed by atoms with van der Waals surface area (Å²) in [5, 5.41) is 9.83. The molecule has 0 saturated heterocycles. The number of para-hydroxylation sites is 1. The number of nitrogens with zero attached hydrogens (tertiary/aromatic N) is 1. The molecule has 1 aromatic heterocycles. The van der Waals surface area contributed by atoms with Crippen molar-refractivity contribution in [2.75, 3.05) is 0 Å². The van der Waals surface area contributed by atoms with Crippen LogP contribution in [-0.2, 0) is 5.60 Å². The van der Waals surface area contributed by atoms with E-state index >= 15 is 0 Å². The third kappa shape index (κ3) is 2.92. The minimum Gasteiger partial charge on any atom is -0.374 e. The largest absolute Gasteiger partial charge is 0.424 e. The monoisotopic (exact) mass is 351 g/mol. The number of fused-ring (bicyclic) bond motifs is 1. The van der Waals surface area contributed by atoms with E-state index in [9.17, 15) is 23.1 Å². The number of benzene rings is 2. The van der Waals surface area contributed by atoms with Crippen LogP contribution < -0.4 is 0 Å². The maximum absolute atomic E-state index is 13.6. The highest BCUT2D eigenvalue weighted by molar-refractivity contribution is 7.18. The van der Waals surface area contributed by atoms with Gasteiger partial charge in [-0.2, -0.15) is 13.2 Å². The van der Waals surface area contributed by atoms with Gasteiger partial charge in [0.15, 0.2) is 5.78 Å². The number of aromatic nitrogens is 1. The topological polar surface area (TPSA) is 50.2 Å². The summed E-state index contributed by atoms with van der Waals surface area (Å²) in [5.41, 5.74) is -2.85. The Balaban J connectivity index is 2.03. The van der Waals surface area contributed by atoms with Crippen molar-refractivity contribution >= 4 is 27.3 Å². The van der Waals surface area contributed by atoms with Crippen LogP contribution in [0.25, 0.3) is 10.2 Å². The van der Waals surface area contributed by atoms with Crippen LogP contribution >= 0.6 is 11.3 Å². The second kappa shape index (κ2) is 5.99. The highest BCUT2D eigenvalue weighted by Crippen LogP contribution is 2.44. The van der Waals surface area contributed by atoms with Gasteiger partial charge in [0.2, 0.25) is 5.60 Å². The fraction of sp³-hybridized carbons (Fsp3) is 0.176. The lowest BCUT2D eigenvalue weighted by Gasteiger charge is -2.27. The molecule has 0 bridgehead atoms. The fourth-order valence-electron chi connectivity index (χ4n) is 2.30. The Labute approximate surface area is 139 Å². The highest BCUT2D eigenvalue weighted by Gasteiger charge is 2.58. The summed E-state index contributed by atoms with van der Waals surface area (Å²) in [7, 11) is 0. The summed E-state index contributed by atoms with van der Waals surface area (Å²) in [6, 6.07) is 14.1. The molecule has 3 aromatic rings. The molecule has 0 fully saturated rings. The van der Waals surface area contributed by atoms with Crippen LogP contribution in [0.15, 0.2) is 54.6 Å². The SMILES string of the molecule is O=C(C[C@@](O)(c1nc2ccccc2s1)C(F)(F)F)c1ccccc1. The summed E-state index contributed by atoms with van der Waals surface area (Å²) in [6.45, 7) is 0. The second-order valence-corrected chi connectivity index (χ2v) is 6.34. The number of ketones is 1. The zero-order chi connectivity index (χ0) is 17.4. The summed E-state index contributed by atoms with van der Waals surface area (Å²) in [6.07, 6.45) is -6.13. The standard InChI is InChI=1S/C17H12F3NO2S/c18-17(19,20)16(23,10-13(22)11-6-2-1-3-7-11)15-21-12-8-4-5-9-14(12)24-15/h1-9,23H,10H2/t16-/m1/s1. The van der Waals surface area contributed by atoms with Crippen LogP contribution in [0.5, 0.6) is 0 Å². The summed E-state index contributed by atoms with van der Waals surface area (Å²) < 4.78 is 41.2. The van der Waals surface area contributed by atoms with E-state index in [1.54, 1.807) is 42.5 Å². The Morgan fingerprint density at radius 2 is 1.67 bits per heavy atom. The highest BCUT2D eigenvalue weighted by atomic mass is 32.1. The number of hydrogen-bond donors (Lipinski definition) is 1. The van der Waals surface area contributed by atoms with E-state index in [1.165, 1.54) is 12.1 Å². The number of aliphatic hydroxyl groups is 1. The van der Waals surface area contributed by atoms with Gasteiger partial charge in [0.1, 0.15) is 5.01 Å². The zero-order valence-corrected chi connectivity index (χ0v) is 13.1. The Bertz CT molecular complexity index is 843. The molecular weight excluding hydrogens is 339 g/mol. The van der Waals surface area contributed by atoms with E-state index in [2.05, 4.69) is 4.98 Å². The third-order valence-electron chi connectivity index (χ3n) is 3.63. The second-order valence-electron chi connectivity index (χ2n) is 5.31. The third-order valence-corrected chi connectivity index (χ3v) is 4.82. The van der Waals surface area contributed by atoms with Crippen molar-refractivity contribution in [3.05, 3.63) is 65.2 Å². The molecule has 24 heavy (non-hydrogen) atoms. The van der Waals surface area contributed by atoms with Gasteiger partial charge in [-0.25, -0.2) is 4.98 Å². The van der Waals surface area contributed by atoms with Crippen molar-refractivity contribution in [2.45, 2.75) is 18.2 Å². The molecule has 0 aliphatic rings. The Morgan fingerprint density at radius 3 is 2.29 bits per heavy atom. The van der Waals surface area contributed by atoms with Crippen LogP contribution in [0.3, 0.4) is 0 Å². The van der Waals surface area contributed by atoms with E-state index in [1.807, 2.05) is 0 Å². The maximum atomic E-state index is 13.6. The maximum Gasteiger partial charge on any atom is 0.424 e. The average Bonchev–Trinajstić information content (AvgIpc) is 2.99. The van der Waals surface area contributed by atoms with Gasteiger partial charge >= 0.3 is 6.18 Å². The van der Waals surface area contributed by atoms with Crippen LogP contribution in [0.2, 0.25) is 0 Å². The van der Waals surface area contributed by atoms with Gasteiger partial charge in [-0.05, 0) is 12.1 Å². The number of halogens is 3. The molecule has 0 saturated carbocycles. The molecule has 0 amide bonds. The van der Waals surface area contributed by atoms with Gasteiger partial charge in [0, 0.05) is 5.56 Å². The lowest BCUT2D eigenvalue weighted by atomic mass is 9.93. The van der Waals surface area contributed by atoms with E-state index in [-0.39, 0.29) is 5.56 Å². The van der Waals surface area contributed by atoms with Crippen LogP contribution in [0.4, 0.5) is 13.2 Å². The Kier molecular flexibility index (Phi) is 4.15. The van der Waals surface area contributed by atoms with Gasteiger partial charge < -0.3 is 5.11 Å². The lowest BCUT2D eigenvalue weighted by Crippen LogP contribution is -2.44. The normalized spacial score (nSPS) is 14.5. The lowest BCUT2D eigenvalue weighted by molar-refractivity contribution is -0.264. The number of thiazole rings is 1. The summed E-state index contributed by atoms with van der Waals surface area (Å²) in [4.78, 5) is 16.1. The van der Waals surface area contributed by atoms with Crippen molar-refractivity contribution < 1.29 is 23.1 Å². The first kappa shape index (κ1) is 16.6. The number of alkyl halides is 3. The molecule has 2 aromatic carbocycles. The molecule has 1 N–H and O–H groups in total. The van der Waals surface area contributed by atoms with Gasteiger partial charge in [-0.3, -0.25) is 4.79 Å². The summed E-state index contributed by atoms with van der Waals surface area (Å²) >= 11 is 0.735. The zero-order valence-electron chi connectivity index (χ0n) is 12.2. The molecule has 124 valence electrons. The summed E-state index contributed by atoms with van der Waals surface area (Å²) in [5.74, 6) is -0.797. The first-order chi connectivity index (χ1) is 11.3. The van der Waals surface area contributed by atoms with E-state index in [4.69, 9.17) is 0 Å². The number of hydrogen-bond acceptors (Lipinski definition) is 4. The van der Waals surface area contributed by atoms with Gasteiger partial charge in [-0.1, -0.05) is 42.5 Å². The first-order valence-electron chi connectivity index (χ1n) is 7.05. The molecular formula is C17H12F3NO2S. The van der Waals surface area contributed by atoms with Crippen LogP contribution in [0, 0.1) is 0 Å². The minimum absolute atomic E-state index is 0.112. The average molecular weight is 351 g/mol. The van der Waals surface area contributed by atoms with Crippen molar-refractivity contribution in [2.24, 2.45) is 0 Å². The smallest absolute Gasteiger partial charge is 0.374 e. The molecule has 0 spiro atoms. The van der Waals surface area contributed by atoms with Gasteiger partial charge in [0.25, 0.3) is 0 Å². The molecule has 1 atom stereocenters. The number of Topliss-reactive ketones (excluding diaryl/α,β-unsaturated/α-hetero) is 1. The van der Waals surface area contributed by atoms with Crippen LogP contribution in [0.1, 0.15) is 21.8 Å². The molecule has 0 aliphatic heterocycles. The molecule has 3 nitrogen and oxygen atoms in total. The van der Waals surface area contributed by atoms with E-state index in [0.29, 0.717) is 10.2 Å². The number of carbonyl (C=O) groups excluding carboxylic acids is 1. The van der Waals surface area contributed by atoms with Crippen molar-refractivity contribution in [3.63, 3.8) is 0 Å². The van der Waals surface area contributed by atoms with E-state index < -0.39 is 29.0 Å². The van der Waals surface area contributed by atoms with Crippen molar-refractivity contribution in [1.82, 2.24) is 4.98 Å². The predicted octanol–water partition coefficient (Wildman–Crippen LogP) is 4.32. The Morgan fingerprint density at radius 1 is 1.04 bits per heavy atom. The molecule has 1 heterocycles. The first-order valence-corrected chi connectivity index (χ1v) is 7.86. The number of rotatable bonds is 4. The fourth-order valence-corrected chi connectivity index (χ4v) is 3.38. The van der Waals surface area contributed by atoms with Crippen LogP contribution in [-0.4, -0.2) is 22.1 Å². The molecule has 7 heteroatoms. The Hall–Kier alpha value is -2.25.